The summed E-state index contributed by atoms with van der Waals surface area (Å²) in [4.78, 5) is 11.9. The average molecular weight is 304 g/mol. The van der Waals surface area contributed by atoms with E-state index in [-0.39, 0.29) is 5.91 Å². The van der Waals surface area contributed by atoms with Crippen LogP contribution in [0.2, 0.25) is 0 Å². The van der Waals surface area contributed by atoms with Gasteiger partial charge in [0.25, 0.3) is 0 Å². The maximum atomic E-state index is 11.9. The van der Waals surface area contributed by atoms with Gasteiger partial charge in [-0.3, -0.25) is 4.79 Å². The number of carbonyl (C=O) groups excluding carboxylic acids is 1. The van der Waals surface area contributed by atoms with Crippen LogP contribution in [-0.4, -0.2) is 5.91 Å². The van der Waals surface area contributed by atoms with Gasteiger partial charge in [-0.2, -0.15) is 0 Å². The molecular weight excluding hydrogens is 272 g/mol. The number of carbonyl (C=O) groups is 1. The third-order valence-corrected chi connectivity index (χ3v) is 4.10. The summed E-state index contributed by atoms with van der Waals surface area (Å²) >= 11 is 0. The molecule has 0 aliphatic rings. The van der Waals surface area contributed by atoms with Gasteiger partial charge in [-0.25, -0.2) is 0 Å². The second-order valence-corrected chi connectivity index (χ2v) is 5.98. The minimum atomic E-state index is 0.0686. The molecule has 3 nitrogen and oxygen atoms in total. The van der Waals surface area contributed by atoms with Crippen molar-refractivity contribution in [2.75, 3.05) is 11.1 Å². The zero-order valence-corrected chi connectivity index (χ0v) is 14.5. The fourth-order valence-corrected chi connectivity index (χ4v) is 2.69. The van der Waals surface area contributed by atoms with Crippen LogP contribution >= 0.6 is 0 Å². The normalized spacial score (nSPS) is 10.7. The van der Waals surface area contributed by atoms with E-state index in [2.05, 4.69) is 25.2 Å². The van der Waals surface area contributed by atoms with Gasteiger partial charge in [0.1, 0.15) is 0 Å². The van der Waals surface area contributed by atoms with Crippen LogP contribution in [0.5, 0.6) is 0 Å². The Hall–Kier alpha value is -1.51. The van der Waals surface area contributed by atoms with Crippen molar-refractivity contribution < 1.29 is 4.79 Å². The number of hydrogen-bond donors (Lipinski definition) is 2. The average Bonchev–Trinajstić information content (AvgIpc) is 2.52. The van der Waals surface area contributed by atoms with Crippen LogP contribution in [0.1, 0.15) is 76.8 Å². The van der Waals surface area contributed by atoms with Crippen LogP contribution < -0.4 is 11.1 Å². The van der Waals surface area contributed by atoms with E-state index < -0.39 is 0 Å². The molecule has 0 fully saturated rings. The van der Waals surface area contributed by atoms with Gasteiger partial charge < -0.3 is 11.1 Å². The SMILES string of the molecule is CCCCCc1ccc(N)c(CCCCC)c1NC(=O)CC. The van der Waals surface area contributed by atoms with Gasteiger partial charge in [0.15, 0.2) is 0 Å². The molecule has 0 atom stereocenters. The molecular formula is C19H32N2O. The number of nitrogens with two attached hydrogens (primary N) is 1. The standard InChI is InChI=1S/C19H32N2O/c1-4-7-9-11-15-13-14-17(20)16(12-10-8-5-2)19(15)21-18(22)6-3/h13-14H,4-12,20H2,1-3H3,(H,21,22). The summed E-state index contributed by atoms with van der Waals surface area (Å²) < 4.78 is 0. The number of anilines is 2. The summed E-state index contributed by atoms with van der Waals surface area (Å²) in [6.45, 7) is 6.29. The van der Waals surface area contributed by atoms with Gasteiger partial charge in [-0.15, -0.1) is 0 Å². The molecule has 124 valence electrons. The molecule has 1 aromatic rings. The van der Waals surface area contributed by atoms with Crippen molar-refractivity contribution in [2.24, 2.45) is 0 Å². The first kappa shape index (κ1) is 18.5. The van der Waals surface area contributed by atoms with Crippen LogP contribution in [0, 0.1) is 0 Å². The summed E-state index contributed by atoms with van der Waals surface area (Å²) in [6, 6.07) is 4.09. The molecule has 0 unspecified atom stereocenters. The molecule has 0 heterocycles. The molecule has 22 heavy (non-hydrogen) atoms. The lowest BCUT2D eigenvalue weighted by atomic mass is 9.96. The van der Waals surface area contributed by atoms with E-state index in [1.54, 1.807) is 0 Å². The Morgan fingerprint density at radius 1 is 1.00 bits per heavy atom. The Morgan fingerprint density at radius 2 is 1.64 bits per heavy atom. The summed E-state index contributed by atoms with van der Waals surface area (Å²) in [5, 5.41) is 3.10. The van der Waals surface area contributed by atoms with Crippen LogP contribution in [0.4, 0.5) is 11.4 Å². The summed E-state index contributed by atoms with van der Waals surface area (Å²) in [6.07, 6.45) is 9.53. The van der Waals surface area contributed by atoms with Crippen molar-refractivity contribution >= 4 is 17.3 Å². The number of nitrogen functional groups attached to an aromatic ring is 1. The highest BCUT2D eigenvalue weighted by atomic mass is 16.1. The molecule has 0 saturated heterocycles. The molecule has 0 aromatic heterocycles. The number of benzene rings is 1. The Labute approximate surface area is 135 Å². The topological polar surface area (TPSA) is 55.1 Å². The fraction of sp³-hybridized carbons (Fsp3) is 0.632. The van der Waals surface area contributed by atoms with E-state index in [4.69, 9.17) is 5.73 Å². The minimum Gasteiger partial charge on any atom is -0.398 e. The molecule has 0 aliphatic heterocycles. The Balaban J connectivity index is 3.02. The Kier molecular flexibility index (Phi) is 8.64. The second-order valence-electron chi connectivity index (χ2n) is 5.98. The molecule has 1 amide bonds. The predicted molar refractivity (Wildman–Crippen MR) is 96.2 cm³/mol. The van der Waals surface area contributed by atoms with E-state index in [9.17, 15) is 4.79 Å². The summed E-state index contributed by atoms with van der Waals surface area (Å²) in [5.41, 5.74) is 10.3. The van der Waals surface area contributed by atoms with Crippen molar-refractivity contribution in [3.8, 4) is 0 Å². The van der Waals surface area contributed by atoms with E-state index >= 15 is 0 Å². The van der Waals surface area contributed by atoms with Crippen molar-refractivity contribution in [3.05, 3.63) is 23.3 Å². The highest BCUT2D eigenvalue weighted by Gasteiger charge is 2.13. The predicted octanol–water partition coefficient (Wildman–Crippen LogP) is 5.08. The maximum absolute atomic E-state index is 11.9. The second kappa shape index (κ2) is 10.3. The highest BCUT2D eigenvalue weighted by molar-refractivity contribution is 5.93. The van der Waals surface area contributed by atoms with Crippen LogP contribution in [0.3, 0.4) is 0 Å². The Bertz CT molecular complexity index is 469. The van der Waals surface area contributed by atoms with Crippen molar-refractivity contribution in [1.82, 2.24) is 0 Å². The van der Waals surface area contributed by atoms with E-state index in [0.717, 1.165) is 42.6 Å². The third kappa shape index (κ3) is 5.70. The van der Waals surface area contributed by atoms with Crippen LogP contribution in [0.25, 0.3) is 0 Å². The zero-order valence-electron chi connectivity index (χ0n) is 14.5. The first-order chi connectivity index (χ1) is 10.6. The van der Waals surface area contributed by atoms with E-state index in [0.29, 0.717) is 6.42 Å². The summed E-state index contributed by atoms with van der Waals surface area (Å²) in [5.74, 6) is 0.0686. The lowest BCUT2D eigenvalue weighted by molar-refractivity contribution is -0.115. The monoisotopic (exact) mass is 304 g/mol. The molecule has 0 bridgehead atoms. The van der Waals surface area contributed by atoms with Crippen molar-refractivity contribution in [3.63, 3.8) is 0 Å². The molecule has 0 spiro atoms. The minimum absolute atomic E-state index is 0.0686. The van der Waals surface area contributed by atoms with Crippen LogP contribution in [-0.2, 0) is 17.6 Å². The molecule has 0 aliphatic carbocycles. The van der Waals surface area contributed by atoms with Gasteiger partial charge >= 0.3 is 0 Å². The van der Waals surface area contributed by atoms with E-state index in [1.165, 1.54) is 31.2 Å². The number of hydrogen-bond acceptors (Lipinski definition) is 2. The van der Waals surface area contributed by atoms with Crippen molar-refractivity contribution in [2.45, 2.75) is 78.6 Å². The molecule has 1 aromatic carbocycles. The number of aryl methyl sites for hydroxylation is 1. The quantitative estimate of drug-likeness (QED) is 0.467. The third-order valence-electron chi connectivity index (χ3n) is 4.10. The summed E-state index contributed by atoms with van der Waals surface area (Å²) in [7, 11) is 0. The number of rotatable bonds is 10. The number of nitrogens with one attached hydrogen (secondary N) is 1. The Morgan fingerprint density at radius 3 is 2.23 bits per heavy atom. The largest absolute Gasteiger partial charge is 0.398 e. The molecule has 0 radical (unpaired) electrons. The van der Waals surface area contributed by atoms with E-state index in [1.807, 2.05) is 13.0 Å². The molecule has 3 heteroatoms. The zero-order chi connectivity index (χ0) is 16.4. The van der Waals surface area contributed by atoms with Gasteiger partial charge in [-0.05, 0) is 42.9 Å². The first-order valence-corrected chi connectivity index (χ1v) is 8.84. The number of amides is 1. The van der Waals surface area contributed by atoms with Crippen LogP contribution in [0.15, 0.2) is 12.1 Å². The smallest absolute Gasteiger partial charge is 0.224 e. The fourth-order valence-electron chi connectivity index (χ4n) is 2.69. The van der Waals surface area contributed by atoms with Gasteiger partial charge in [-0.1, -0.05) is 52.5 Å². The van der Waals surface area contributed by atoms with Gasteiger partial charge in [0, 0.05) is 17.8 Å². The van der Waals surface area contributed by atoms with Crippen molar-refractivity contribution in [1.29, 1.82) is 0 Å². The molecule has 1 rings (SSSR count). The lowest BCUT2D eigenvalue weighted by Crippen LogP contribution is -2.14. The van der Waals surface area contributed by atoms with Gasteiger partial charge in [0.05, 0.1) is 0 Å². The first-order valence-electron chi connectivity index (χ1n) is 8.84. The highest BCUT2D eigenvalue weighted by Crippen LogP contribution is 2.30. The number of unbranched alkanes of at least 4 members (excludes halogenated alkanes) is 4. The molecule has 0 saturated carbocycles. The molecule has 3 N–H and O–H groups in total. The van der Waals surface area contributed by atoms with Gasteiger partial charge in [0.2, 0.25) is 5.91 Å². The maximum Gasteiger partial charge on any atom is 0.224 e. The lowest BCUT2D eigenvalue weighted by Gasteiger charge is -2.18.